The third kappa shape index (κ3) is 4.53. The number of hydrogen-bond donors (Lipinski definition) is 0. The van der Waals surface area contributed by atoms with E-state index in [1.807, 2.05) is 43.0 Å². The first kappa shape index (κ1) is 20.8. The molecule has 2 aromatic carbocycles. The molecule has 2 heterocycles. The van der Waals surface area contributed by atoms with Gasteiger partial charge in [-0.3, -0.25) is 4.79 Å². The predicted molar refractivity (Wildman–Crippen MR) is 119 cm³/mol. The Bertz CT molecular complexity index is 1070. The summed E-state index contributed by atoms with van der Waals surface area (Å²) in [5.41, 5.74) is 2.74. The first-order valence-electron chi connectivity index (χ1n) is 10.7. The van der Waals surface area contributed by atoms with Gasteiger partial charge in [-0.15, -0.1) is 0 Å². The summed E-state index contributed by atoms with van der Waals surface area (Å²) in [4.78, 5) is 31.4. The molecular weight excluding hydrogens is 392 g/mol. The van der Waals surface area contributed by atoms with Gasteiger partial charge >= 0.3 is 5.97 Å². The van der Waals surface area contributed by atoms with E-state index < -0.39 is 5.97 Å². The molecule has 0 bridgehead atoms. The summed E-state index contributed by atoms with van der Waals surface area (Å²) < 4.78 is 11.4. The molecule has 1 fully saturated rings. The van der Waals surface area contributed by atoms with Gasteiger partial charge < -0.3 is 14.4 Å². The fraction of sp³-hybridized carbons (Fsp3) is 0.320. The molecule has 0 aliphatic carbocycles. The van der Waals surface area contributed by atoms with Crippen molar-refractivity contribution in [2.24, 2.45) is 4.99 Å². The largest absolute Gasteiger partial charge is 0.490 e. The molecular formula is C25H26N2O4. The standard InChI is InChI=1S/C25H26N2O4/c1-3-30-22-16-18(15-20-24(28)26-23-11-5-4-8-14-27(20)23)12-13-21(22)31-25(29)19-10-7-6-9-17(19)2/h6-7,9-10,12-13,15-16H,3-5,8,11,14H2,1-2H3/b20-15+. The number of amidine groups is 1. The second-order valence-electron chi connectivity index (χ2n) is 7.67. The van der Waals surface area contributed by atoms with Crippen molar-refractivity contribution >= 4 is 23.8 Å². The molecule has 0 saturated carbocycles. The monoisotopic (exact) mass is 418 g/mol. The van der Waals surface area contributed by atoms with Crippen molar-refractivity contribution in [3.05, 3.63) is 64.9 Å². The zero-order valence-electron chi connectivity index (χ0n) is 17.9. The Morgan fingerprint density at radius 3 is 2.77 bits per heavy atom. The highest BCUT2D eigenvalue weighted by atomic mass is 16.6. The van der Waals surface area contributed by atoms with E-state index in [2.05, 4.69) is 4.99 Å². The van der Waals surface area contributed by atoms with E-state index in [1.165, 1.54) is 0 Å². The second-order valence-corrected chi connectivity index (χ2v) is 7.67. The fourth-order valence-electron chi connectivity index (χ4n) is 3.88. The summed E-state index contributed by atoms with van der Waals surface area (Å²) in [6.45, 7) is 4.97. The molecule has 0 aromatic heterocycles. The van der Waals surface area contributed by atoms with E-state index >= 15 is 0 Å². The molecule has 0 N–H and O–H groups in total. The molecule has 0 atom stereocenters. The molecule has 6 nitrogen and oxygen atoms in total. The van der Waals surface area contributed by atoms with Crippen molar-refractivity contribution in [3.63, 3.8) is 0 Å². The van der Waals surface area contributed by atoms with Gasteiger partial charge in [0.25, 0.3) is 5.91 Å². The van der Waals surface area contributed by atoms with Crippen LogP contribution in [0, 0.1) is 6.92 Å². The minimum atomic E-state index is -0.432. The van der Waals surface area contributed by atoms with Gasteiger partial charge in [-0.05, 0) is 62.1 Å². The number of carbonyl (C=O) groups excluding carboxylic acids is 2. The lowest BCUT2D eigenvalue weighted by atomic mass is 10.1. The number of benzene rings is 2. The third-order valence-corrected chi connectivity index (χ3v) is 5.47. The molecule has 1 saturated heterocycles. The van der Waals surface area contributed by atoms with Gasteiger partial charge in [0.1, 0.15) is 11.5 Å². The summed E-state index contributed by atoms with van der Waals surface area (Å²) in [6, 6.07) is 12.6. The van der Waals surface area contributed by atoms with Crippen molar-refractivity contribution in [1.29, 1.82) is 0 Å². The van der Waals surface area contributed by atoms with Gasteiger partial charge in [0.15, 0.2) is 11.5 Å². The SMILES string of the molecule is CCOc1cc(/C=C2\C(=O)N=C3CCCCCN32)ccc1OC(=O)c1ccccc1C. The van der Waals surface area contributed by atoms with E-state index in [-0.39, 0.29) is 5.91 Å². The van der Waals surface area contributed by atoms with Crippen LogP contribution < -0.4 is 9.47 Å². The van der Waals surface area contributed by atoms with E-state index in [1.54, 1.807) is 24.3 Å². The first-order valence-corrected chi connectivity index (χ1v) is 10.7. The number of hydrogen-bond acceptors (Lipinski definition) is 5. The Labute approximate surface area is 182 Å². The minimum Gasteiger partial charge on any atom is -0.490 e. The number of rotatable bonds is 5. The molecule has 31 heavy (non-hydrogen) atoms. The summed E-state index contributed by atoms with van der Waals surface area (Å²) in [7, 11) is 0. The average Bonchev–Trinajstić information content (AvgIpc) is 2.91. The van der Waals surface area contributed by atoms with Crippen LogP contribution in [0.1, 0.15) is 54.1 Å². The van der Waals surface area contributed by atoms with E-state index in [0.29, 0.717) is 29.4 Å². The Hall–Kier alpha value is -3.41. The number of aliphatic imine (C=N–C) groups is 1. The molecule has 2 aliphatic rings. The van der Waals surface area contributed by atoms with Gasteiger partial charge in [-0.2, -0.15) is 4.99 Å². The van der Waals surface area contributed by atoms with Crippen LogP contribution in [0.4, 0.5) is 0 Å². The Morgan fingerprint density at radius 1 is 1.13 bits per heavy atom. The second kappa shape index (κ2) is 9.16. The summed E-state index contributed by atoms with van der Waals surface area (Å²) in [5.74, 6) is 1.04. The lowest BCUT2D eigenvalue weighted by molar-refractivity contribution is -0.114. The van der Waals surface area contributed by atoms with Crippen molar-refractivity contribution in [2.45, 2.75) is 39.5 Å². The predicted octanol–water partition coefficient (Wildman–Crippen LogP) is 4.77. The number of aryl methyl sites for hydroxylation is 1. The van der Waals surface area contributed by atoms with E-state index in [9.17, 15) is 9.59 Å². The molecule has 2 aliphatic heterocycles. The topological polar surface area (TPSA) is 68.2 Å². The van der Waals surface area contributed by atoms with Gasteiger partial charge in [-0.1, -0.05) is 30.7 Å². The maximum atomic E-state index is 12.6. The smallest absolute Gasteiger partial charge is 0.343 e. The normalized spacial score (nSPS) is 17.2. The van der Waals surface area contributed by atoms with Crippen LogP contribution in [0.5, 0.6) is 11.5 Å². The maximum absolute atomic E-state index is 12.6. The fourth-order valence-corrected chi connectivity index (χ4v) is 3.88. The van der Waals surface area contributed by atoms with Gasteiger partial charge in [0.05, 0.1) is 12.2 Å². The molecule has 6 heteroatoms. The number of fused-ring (bicyclic) bond motifs is 1. The van der Waals surface area contributed by atoms with Crippen molar-refractivity contribution < 1.29 is 19.1 Å². The molecule has 0 spiro atoms. The van der Waals surface area contributed by atoms with Crippen LogP contribution in [0.25, 0.3) is 6.08 Å². The molecule has 160 valence electrons. The van der Waals surface area contributed by atoms with Crippen LogP contribution in [0.2, 0.25) is 0 Å². The van der Waals surface area contributed by atoms with Crippen LogP contribution in [-0.4, -0.2) is 35.8 Å². The highest BCUT2D eigenvalue weighted by Crippen LogP contribution is 2.32. The van der Waals surface area contributed by atoms with Gasteiger partial charge in [-0.25, -0.2) is 4.79 Å². The highest BCUT2D eigenvalue weighted by molar-refractivity contribution is 6.13. The van der Waals surface area contributed by atoms with Gasteiger partial charge in [0.2, 0.25) is 0 Å². The molecule has 2 aromatic rings. The summed E-state index contributed by atoms with van der Waals surface area (Å²) in [5, 5.41) is 0. The number of amides is 1. The van der Waals surface area contributed by atoms with Gasteiger partial charge in [0, 0.05) is 13.0 Å². The third-order valence-electron chi connectivity index (χ3n) is 5.47. The van der Waals surface area contributed by atoms with E-state index in [0.717, 1.165) is 49.2 Å². The van der Waals surface area contributed by atoms with Crippen LogP contribution in [-0.2, 0) is 4.79 Å². The maximum Gasteiger partial charge on any atom is 0.343 e. The van der Waals surface area contributed by atoms with Crippen molar-refractivity contribution in [2.75, 3.05) is 13.2 Å². The highest BCUT2D eigenvalue weighted by Gasteiger charge is 2.30. The first-order chi connectivity index (χ1) is 15.1. The zero-order valence-corrected chi connectivity index (χ0v) is 17.9. The molecule has 0 unspecified atom stereocenters. The number of ether oxygens (including phenoxy) is 2. The Morgan fingerprint density at radius 2 is 1.97 bits per heavy atom. The average molecular weight is 418 g/mol. The van der Waals surface area contributed by atoms with Crippen molar-refractivity contribution in [3.8, 4) is 11.5 Å². The zero-order chi connectivity index (χ0) is 21.8. The molecule has 4 rings (SSSR count). The van der Waals surface area contributed by atoms with E-state index in [4.69, 9.17) is 9.47 Å². The number of nitrogens with zero attached hydrogens (tertiary/aromatic N) is 2. The Balaban J connectivity index is 1.60. The lowest BCUT2D eigenvalue weighted by Crippen LogP contribution is -2.26. The quantitative estimate of drug-likeness (QED) is 0.398. The summed E-state index contributed by atoms with van der Waals surface area (Å²) in [6.07, 6.45) is 5.92. The minimum absolute atomic E-state index is 0.204. The Kier molecular flexibility index (Phi) is 6.16. The van der Waals surface area contributed by atoms with Crippen LogP contribution in [0.15, 0.2) is 53.2 Å². The van der Waals surface area contributed by atoms with Crippen molar-refractivity contribution in [1.82, 2.24) is 4.90 Å². The van der Waals surface area contributed by atoms with Crippen LogP contribution >= 0.6 is 0 Å². The summed E-state index contributed by atoms with van der Waals surface area (Å²) >= 11 is 0. The molecule has 0 radical (unpaired) electrons. The number of esters is 1. The lowest BCUT2D eigenvalue weighted by Gasteiger charge is -2.18. The number of carbonyl (C=O) groups is 2. The van der Waals surface area contributed by atoms with Crippen LogP contribution in [0.3, 0.4) is 0 Å². The molecule has 1 amide bonds.